The molecule has 1 saturated carbocycles. The number of ether oxygens (including phenoxy) is 1. The molecule has 3 aliphatic rings. The van der Waals surface area contributed by atoms with Crippen molar-refractivity contribution in [1.29, 1.82) is 0 Å². The van der Waals surface area contributed by atoms with Gasteiger partial charge in [0.05, 0.1) is 41.6 Å². The van der Waals surface area contributed by atoms with Crippen LogP contribution in [0.1, 0.15) is 38.3 Å². The molecule has 0 bridgehead atoms. The van der Waals surface area contributed by atoms with E-state index < -0.39 is 34.2 Å². The molecule has 3 aromatic rings. The average Bonchev–Trinajstić information content (AvgIpc) is 3.26. The summed E-state index contributed by atoms with van der Waals surface area (Å²) >= 11 is 0. The molecule has 3 fully saturated rings. The van der Waals surface area contributed by atoms with Gasteiger partial charge in [-0.3, -0.25) is 14.6 Å². The first-order valence-electron chi connectivity index (χ1n) is 15.3. The highest BCUT2D eigenvalue weighted by molar-refractivity contribution is 7.90. The summed E-state index contributed by atoms with van der Waals surface area (Å²) in [5, 5.41) is 14.7. The standard InChI is InChI=1S/C33H37F3N4O5S/c1-22(41)39(30-13-12-26(16-31(30)42)46(2,43)44)14-4-5-25-15-27-28(6-3-7-29(27)40(25)19-33(34,35)36)37-23-8-10-24(11-9-23)38-17-32(18-38)20-45-21-32/h3,6-7,12-13,15-16,23-24,37,42H,8-11,14,17-21H2,1-2H3. The molecule has 2 N–H and O–H groups in total. The fourth-order valence-electron chi connectivity index (χ4n) is 6.85. The number of fused-ring (bicyclic) bond motifs is 1. The van der Waals surface area contributed by atoms with Crippen molar-refractivity contribution in [2.75, 3.05) is 49.3 Å². The van der Waals surface area contributed by atoms with Crippen molar-refractivity contribution < 1.29 is 36.2 Å². The minimum atomic E-state index is -4.50. The molecule has 2 aliphatic heterocycles. The number of aromatic nitrogens is 1. The number of carbonyl (C=O) groups excluding carboxylic acids is 1. The van der Waals surface area contributed by atoms with Crippen LogP contribution in [0, 0.1) is 17.3 Å². The van der Waals surface area contributed by atoms with Gasteiger partial charge in [-0.15, -0.1) is 0 Å². The Hall–Kier alpha value is -3.73. The Morgan fingerprint density at radius 3 is 2.43 bits per heavy atom. The molecular formula is C33H37F3N4O5S. The second kappa shape index (κ2) is 12.1. The third-order valence-electron chi connectivity index (χ3n) is 9.25. The van der Waals surface area contributed by atoms with Crippen molar-refractivity contribution >= 4 is 38.0 Å². The molecule has 1 spiro atoms. The average molecular weight is 659 g/mol. The maximum atomic E-state index is 13.7. The molecule has 1 aliphatic carbocycles. The van der Waals surface area contributed by atoms with Gasteiger partial charge in [0, 0.05) is 60.9 Å². The van der Waals surface area contributed by atoms with Crippen molar-refractivity contribution in [2.24, 2.45) is 5.41 Å². The lowest BCUT2D eigenvalue weighted by atomic mass is 9.75. The summed E-state index contributed by atoms with van der Waals surface area (Å²) in [6, 6.07) is 11.3. The number of phenolic OH excluding ortho intramolecular Hbond substituents is 1. The van der Waals surface area contributed by atoms with E-state index in [9.17, 15) is 31.5 Å². The van der Waals surface area contributed by atoms with Crippen LogP contribution in [0.25, 0.3) is 10.9 Å². The Kier molecular flexibility index (Phi) is 8.50. The third-order valence-corrected chi connectivity index (χ3v) is 10.4. The molecular weight excluding hydrogens is 621 g/mol. The molecule has 1 amide bonds. The maximum Gasteiger partial charge on any atom is 0.406 e. The number of aromatic hydroxyl groups is 1. The van der Waals surface area contributed by atoms with E-state index in [0.717, 1.165) is 79.5 Å². The fraction of sp³-hybridized carbons (Fsp3) is 0.485. The lowest BCUT2D eigenvalue weighted by Crippen LogP contribution is -2.68. The summed E-state index contributed by atoms with van der Waals surface area (Å²) in [5.41, 5.74) is 1.70. The topological polar surface area (TPSA) is 104 Å². The number of halogens is 3. The van der Waals surface area contributed by atoms with Crippen LogP contribution >= 0.6 is 0 Å². The first-order valence-corrected chi connectivity index (χ1v) is 17.2. The number of sulfone groups is 1. The second-order valence-corrected chi connectivity index (χ2v) is 14.9. The maximum absolute atomic E-state index is 13.7. The zero-order chi connectivity index (χ0) is 32.9. The van der Waals surface area contributed by atoms with Gasteiger partial charge in [-0.05, 0) is 61.9 Å². The predicted molar refractivity (Wildman–Crippen MR) is 169 cm³/mol. The number of alkyl halides is 3. The number of carbonyl (C=O) groups is 1. The van der Waals surface area contributed by atoms with Crippen LogP contribution in [-0.4, -0.2) is 86.3 Å². The molecule has 246 valence electrons. The third kappa shape index (κ3) is 6.70. The largest absolute Gasteiger partial charge is 0.506 e. The summed E-state index contributed by atoms with van der Waals surface area (Å²) in [6.45, 7) is 3.71. The quantitative estimate of drug-likeness (QED) is 0.353. The number of amides is 1. The number of anilines is 2. The minimum Gasteiger partial charge on any atom is -0.506 e. The van der Waals surface area contributed by atoms with Crippen molar-refractivity contribution in [3.63, 3.8) is 0 Å². The van der Waals surface area contributed by atoms with Gasteiger partial charge in [-0.1, -0.05) is 12.0 Å². The van der Waals surface area contributed by atoms with Gasteiger partial charge < -0.3 is 19.7 Å². The predicted octanol–water partition coefficient (Wildman–Crippen LogP) is 4.77. The molecule has 46 heavy (non-hydrogen) atoms. The van der Waals surface area contributed by atoms with Crippen LogP contribution in [0.5, 0.6) is 5.75 Å². The summed E-state index contributed by atoms with van der Waals surface area (Å²) in [7, 11) is -3.59. The first-order chi connectivity index (χ1) is 21.7. The Balaban J connectivity index is 1.21. The van der Waals surface area contributed by atoms with E-state index in [4.69, 9.17) is 4.74 Å². The van der Waals surface area contributed by atoms with Gasteiger partial charge in [0.2, 0.25) is 5.91 Å². The van der Waals surface area contributed by atoms with E-state index in [1.165, 1.54) is 19.1 Å². The van der Waals surface area contributed by atoms with Crippen LogP contribution in [0.3, 0.4) is 0 Å². The van der Waals surface area contributed by atoms with Crippen LogP contribution in [0.15, 0.2) is 47.4 Å². The van der Waals surface area contributed by atoms with E-state index >= 15 is 0 Å². The lowest BCUT2D eigenvalue weighted by molar-refractivity contribution is -0.200. The number of nitrogens with zero attached hydrogens (tertiary/aromatic N) is 3. The van der Waals surface area contributed by atoms with Gasteiger partial charge in [0.15, 0.2) is 9.84 Å². The van der Waals surface area contributed by atoms with E-state index in [0.29, 0.717) is 22.4 Å². The lowest BCUT2D eigenvalue weighted by Gasteiger charge is -2.58. The molecule has 2 aromatic carbocycles. The molecule has 1 aromatic heterocycles. The molecule has 2 saturated heterocycles. The van der Waals surface area contributed by atoms with E-state index in [1.54, 1.807) is 18.2 Å². The highest BCUT2D eigenvalue weighted by atomic mass is 32.2. The SMILES string of the molecule is CC(=O)N(CC#Cc1cc2c(NC3CCC(N4CC5(COC5)C4)CC3)cccc2n1CC(F)(F)F)c1ccc(S(C)(=O)=O)cc1O. The van der Waals surface area contributed by atoms with Crippen LogP contribution in [-0.2, 0) is 25.9 Å². The molecule has 9 nitrogen and oxygen atoms in total. The summed E-state index contributed by atoms with van der Waals surface area (Å²) < 4.78 is 71.4. The molecule has 3 heterocycles. The van der Waals surface area contributed by atoms with Crippen molar-refractivity contribution in [3.05, 3.63) is 48.2 Å². The van der Waals surface area contributed by atoms with E-state index in [2.05, 4.69) is 22.1 Å². The van der Waals surface area contributed by atoms with Crippen LogP contribution in [0.2, 0.25) is 0 Å². The Morgan fingerprint density at radius 2 is 1.85 bits per heavy atom. The van der Waals surface area contributed by atoms with Gasteiger partial charge in [0.25, 0.3) is 0 Å². The number of rotatable bonds is 7. The molecule has 0 radical (unpaired) electrons. The highest BCUT2D eigenvalue weighted by Crippen LogP contribution is 2.41. The molecule has 0 atom stereocenters. The zero-order valence-electron chi connectivity index (χ0n) is 25.7. The number of hydrogen-bond donors (Lipinski definition) is 2. The fourth-order valence-corrected chi connectivity index (χ4v) is 7.49. The normalized spacial score (nSPS) is 21.2. The van der Waals surface area contributed by atoms with Gasteiger partial charge in [-0.2, -0.15) is 13.2 Å². The van der Waals surface area contributed by atoms with Crippen molar-refractivity contribution in [3.8, 4) is 17.6 Å². The van der Waals surface area contributed by atoms with Crippen LogP contribution < -0.4 is 10.2 Å². The number of likely N-dealkylation sites (tertiary alicyclic amines) is 1. The van der Waals surface area contributed by atoms with Crippen molar-refractivity contribution in [2.45, 2.75) is 62.3 Å². The number of nitrogens with one attached hydrogen (secondary N) is 1. The smallest absolute Gasteiger partial charge is 0.406 e. The number of phenols is 1. The Morgan fingerprint density at radius 1 is 1.13 bits per heavy atom. The van der Waals surface area contributed by atoms with E-state index in [1.807, 2.05) is 6.07 Å². The summed E-state index contributed by atoms with van der Waals surface area (Å²) in [5.74, 6) is 4.68. The number of hydrogen-bond acceptors (Lipinski definition) is 7. The minimum absolute atomic E-state index is 0.0388. The molecule has 6 rings (SSSR count). The molecule has 0 unspecified atom stereocenters. The monoisotopic (exact) mass is 658 g/mol. The Bertz CT molecular complexity index is 1810. The number of benzene rings is 2. The van der Waals surface area contributed by atoms with E-state index in [-0.39, 0.29) is 28.9 Å². The van der Waals surface area contributed by atoms with Gasteiger partial charge in [0.1, 0.15) is 12.3 Å². The van der Waals surface area contributed by atoms with Crippen LogP contribution in [0.4, 0.5) is 24.5 Å². The first kappa shape index (κ1) is 32.2. The van der Waals surface area contributed by atoms with Gasteiger partial charge in [-0.25, -0.2) is 8.42 Å². The van der Waals surface area contributed by atoms with Gasteiger partial charge >= 0.3 is 6.18 Å². The summed E-state index contributed by atoms with van der Waals surface area (Å²) in [6.07, 6.45) is 0.566. The summed E-state index contributed by atoms with van der Waals surface area (Å²) in [4.78, 5) is 16.0. The highest BCUT2D eigenvalue weighted by Gasteiger charge is 2.50. The second-order valence-electron chi connectivity index (χ2n) is 12.8. The Labute approximate surface area is 266 Å². The molecule has 13 heteroatoms. The van der Waals surface area contributed by atoms with Crippen molar-refractivity contribution in [1.82, 2.24) is 9.47 Å². The zero-order valence-corrected chi connectivity index (χ0v) is 26.5.